The van der Waals surface area contributed by atoms with E-state index in [9.17, 15) is 19.8 Å². The van der Waals surface area contributed by atoms with E-state index in [0.29, 0.717) is 17.3 Å². The van der Waals surface area contributed by atoms with Crippen LogP contribution in [0.3, 0.4) is 0 Å². The van der Waals surface area contributed by atoms with E-state index in [4.69, 9.17) is 0 Å². The number of pyridine rings is 1. The summed E-state index contributed by atoms with van der Waals surface area (Å²) in [7, 11) is 1.58. The second-order valence-corrected chi connectivity index (χ2v) is 8.22. The zero-order chi connectivity index (χ0) is 24.2. The number of anilines is 1. The number of hydrogen-bond acceptors (Lipinski definition) is 5. The maximum atomic E-state index is 12.9. The van der Waals surface area contributed by atoms with Gasteiger partial charge in [-0.1, -0.05) is 48.5 Å². The topological polar surface area (TPSA) is 91.6 Å². The van der Waals surface area contributed by atoms with Gasteiger partial charge >= 0.3 is 0 Å². The summed E-state index contributed by atoms with van der Waals surface area (Å²) in [4.78, 5) is 25.7. The van der Waals surface area contributed by atoms with Crippen LogP contribution in [-0.2, 0) is 7.05 Å². The molecule has 0 unspecified atom stereocenters. The smallest absolute Gasteiger partial charge is 0.265 e. The third-order valence-corrected chi connectivity index (χ3v) is 5.90. The quantitative estimate of drug-likeness (QED) is 0.202. The number of aryl methyl sites for hydroxylation is 2. The molecule has 0 saturated carbocycles. The number of hydrogen-bond donors (Lipinski definition) is 3. The average Bonchev–Trinajstić information content (AvgIpc) is 2.85. The van der Waals surface area contributed by atoms with Crippen LogP contribution in [0.1, 0.15) is 33.9 Å². The van der Waals surface area contributed by atoms with Crippen LogP contribution in [0.15, 0.2) is 89.7 Å². The Morgan fingerprint density at radius 1 is 1.03 bits per heavy atom. The van der Waals surface area contributed by atoms with Crippen LogP contribution in [0.2, 0.25) is 0 Å². The highest BCUT2D eigenvalue weighted by molar-refractivity contribution is 6.09. The van der Waals surface area contributed by atoms with E-state index in [-0.39, 0.29) is 23.1 Å². The monoisotopic (exact) mass is 454 g/mol. The van der Waals surface area contributed by atoms with Crippen LogP contribution in [0, 0.1) is 6.92 Å². The molecule has 0 aliphatic carbocycles. The van der Waals surface area contributed by atoms with Crippen molar-refractivity contribution in [2.75, 3.05) is 5.32 Å². The summed E-state index contributed by atoms with van der Waals surface area (Å²) >= 11 is 0. The Labute approximate surface area is 197 Å². The van der Waals surface area contributed by atoms with E-state index >= 15 is 0 Å². The normalized spacial score (nSPS) is 12.2. The first-order valence-electron chi connectivity index (χ1n) is 11.0. The zero-order valence-electron chi connectivity index (χ0n) is 19.0. The predicted molar refractivity (Wildman–Crippen MR) is 135 cm³/mol. The summed E-state index contributed by atoms with van der Waals surface area (Å²) in [5.41, 5.74) is 2.40. The molecule has 6 nitrogen and oxygen atoms in total. The average molecular weight is 455 g/mol. The van der Waals surface area contributed by atoms with Crippen molar-refractivity contribution in [3.8, 4) is 11.5 Å². The number of benzene rings is 3. The third-order valence-electron chi connectivity index (χ3n) is 5.90. The van der Waals surface area contributed by atoms with Gasteiger partial charge in [-0.25, -0.2) is 0 Å². The van der Waals surface area contributed by atoms with Crippen LogP contribution >= 0.6 is 0 Å². The summed E-state index contributed by atoms with van der Waals surface area (Å²) < 4.78 is 1.37. The minimum atomic E-state index is -0.545. The van der Waals surface area contributed by atoms with Crippen molar-refractivity contribution in [2.45, 2.75) is 19.4 Å². The van der Waals surface area contributed by atoms with Gasteiger partial charge < -0.3 is 20.1 Å². The maximum Gasteiger partial charge on any atom is 0.265 e. The highest BCUT2D eigenvalue weighted by atomic mass is 16.3. The lowest BCUT2D eigenvalue weighted by Crippen LogP contribution is -2.24. The van der Waals surface area contributed by atoms with Crippen molar-refractivity contribution in [1.82, 2.24) is 4.57 Å². The fraction of sp³-hybridized carbons (Fsp3) is 0.143. The molecular formula is C28H26N2O4. The van der Waals surface area contributed by atoms with Gasteiger partial charge in [0.1, 0.15) is 17.1 Å². The summed E-state index contributed by atoms with van der Waals surface area (Å²) in [5.74, 6) is -0.620. The number of para-hydroxylation sites is 1. The Morgan fingerprint density at radius 3 is 2.47 bits per heavy atom. The van der Waals surface area contributed by atoms with Crippen LogP contribution in [0.4, 0.5) is 5.69 Å². The molecule has 1 heterocycles. The molecule has 0 aliphatic rings. The maximum absolute atomic E-state index is 12.9. The molecule has 4 rings (SSSR count). The highest BCUT2D eigenvalue weighted by Crippen LogP contribution is 2.28. The molecule has 1 atom stereocenters. The molecule has 1 aromatic heterocycles. The first-order chi connectivity index (χ1) is 16.4. The molecule has 0 aliphatic heterocycles. The lowest BCUT2D eigenvalue weighted by molar-refractivity contribution is 0.104. The Bertz CT molecular complexity index is 1440. The van der Waals surface area contributed by atoms with Gasteiger partial charge in [0.2, 0.25) is 0 Å². The molecule has 0 spiro atoms. The summed E-state index contributed by atoms with van der Waals surface area (Å²) in [5, 5.41) is 24.4. The molecule has 172 valence electrons. The fourth-order valence-electron chi connectivity index (χ4n) is 4.01. The van der Waals surface area contributed by atoms with E-state index in [1.807, 2.05) is 43.3 Å². The van der Waals surface area contributed by atoms with Crippen LogP contribution in [-0.4, -0.2) is 20.6 Å². The van der Waals surface area contributed by atoms with Crippen molar-refractivity contribution in [3.05, 3.63) is 112 Å². The lowest BCUT2D eigenvalue weighted by Gasteiger charge is -2.19. The Morgan fingerprint density at radius 2 is 1.74 bits per heavy atom. The number of carbonyl (C=O) groups excluding carboxylic acids is 1. The standard InChI is InChI=1S/C28H26N2O4/c1-18-17-20(15-16-24(18)31)29-22(19-9-4-3-5-10-19)12-8-14-25(32)26-27(33)21-11-6-7-13-23(21)30(2)28(26)34/h3-11,13-17,22,29,31,33H,12H2,1-2H3/b14-8+/t22-/m1/s1. The Balaban J connectivity index is 1.61. The van der Waals surface area contributed by atoms with Crippen LogP contribution < -0.4 is 10.9 Å². The van der Waals surface area contributed by atoms with E-state index in [0.717, 1.165) is 16.8 Å². The SMILES string of the molecule is Cc1cc(N[C@H](C/C=C/C(=O)c2c(O)c3ccccc3n(C)c2=O)c2ccccc2)ccc1O. The van der Waals surface area contributed by atoms with Crippen molar-refractivity contribution >= 4 is 22.4 Å². The minimum Gasteiger partial charge on any atom is -0.508 e. The summed E-state index contributed by atoms with van der Waals surface area (Å²) in [6.45, 7) is 1.83. The van der Waals surface area contributed by atoms with Gasteiger partial charge in [-0.05, 0) is 60.9 Å². The molecule has 6 heteroatoms. The first-order valence-corrected chi connectivity index (χ1v) is 11.0. The minimum absolute atomic E-state index is 0.151. The molecule has 0 fully saturated rings. The first kappa shape index (κ1) is 22.9. The van der Waals surface area contributed by atoms with E-state index in [1.165, 1.54) is 10.6 Å². The fourth-order valence-corrected chi connectivity index (χ4v) is 4.01. The number of phenols is 1. The van der Waals surface area contributed by atoms with Gasteiger partial charge in [-0.15, -0.1) is 0 Å². The summed E-state index contributed by atoms with van der Waals surface area (Å²) in [6.07, 6.45) is 3.50. The number of aromatic hydroxyl groups is 2. The van der Waals surface area contributed by atoms with Crippen molar-refractivity contribution < 1.29 is 15.0 Å². The lowest BCUT2D eigenvalue weighted by atomic mass is 10.0. The van der Waals surface area contributed by atoms with Gasteiger partial charge in [0.15, 0.2) is 5.78 Å². The highest BCUT2D eigenvalue weighted by Gasteiger charge is 2.19. The molecule has 0 amide bonds. The number of phenolic OH excluding ortho intramolecular Hbond substituents is 1. The van der Waals surface area contributed by atoms with Crippen molar-refractivity contribution in [2.24, 2.45) is 7.05 Å². The molecule has 34 heavy (non-hydrogen) atoms. The predicted octanol–water partition coefficient (Wildman–Crippen LogP) is 5.24. The van der Waals surface area contributed by atoms with Gasteiger partial charge in [-0.2, -0.15) is 0 Å². The third kappa shape index (κ3) is 4.57. The van der Waals surface area contributed by atoms with Gasteiger partial charge in [0.25, 0.3) is 5.56 Å². The van der Waals surface area contributed by atoms with Crippen LogP contribution in [0.5, 0.6) is 11.5 Å². The van der Waals surface area contributed by atoms with Crippen LogP contribution in [0.25, 0.3) is 10.9 Å². The number of nitrogens with one attached hydrogen (secondary N) is 1. The second kappa shape index (κ2) is 9.67. The van der Waals surface area contributed by atoms with Crippen molar-refractivity contribution in [1.29, 1.82) is 0 Å². The number of carbonyl (C=O) groups is 1. The van der Waals surface area contributed by atoms with E-state index in [2.05, 4.69) is 5.32 Å². The molecule has 0 saturated heterocycles. The van der Waals surface area contributed by atoms with Gasteiger partial charge in [0.05, 0.1) is 11.6 Å². The van der Waals surface area contributed by atoms with Crippen molar-refractivity contribution in [3.63, 3.8) is 0 Å². The number of rotatable bonds is 7. The Kier molecular flexibility index (Phi) is 6.50. The van der Waals surface area contributed by atoms with Gasteiger partial charge in [0, 0.05) is 18.1 Å². The molecule has 0 bridgehead atoms. The zero-order valence-corrected chi connectivity index (χ0v) is 19.0. The Hall–Kier alpha value is -4.32. The second-order valence-electron chi connectivity index (χ2n) is 8.22. The number of aromatic nitrogens is 1. The number of fused-ring (bicyclic) bond motifs is 1. The summed E-state index contributed by atoms with van der Waals surface area (Å²) in [6, 6.07) is 21.9. The van der Waals surface area contributed by atoms with E-state index < -0.39 is 11.3 Å². The van der Waals surface area contributed by atoms with Gasteiger partial charge in [-0.3, -0.25) is 9.59 Å². The molecule has 0 radical (unpaired) electrons. The largest absolute Gasteiger partial charge is 0.508 e. The molecule has 3 N–H and O–H groups in total. The number of allylic oxidation sites excluding steroid dienone is 1. The number of ketones is 1. The molecular weight excluding hydrogens is 428 g/mol. The van der Waals surface area contributed by atoms with E-state index in [1.54, 1.807) is 49.5 Å². The molecule has 3 aromatic carbocycles. The molecule has 4 aromatic rings. The number of nitrogens with zero attached hydrogens (tertiary/aromatic N) is 1.